The van der Waals surface area contributed by atoms with Crippen molar-refractivity contribution in [1.29, 1.82) is 0 Å². The third kappa shape index (κ3) is 9.22. The molecule has 26 heteroatoms. The van der Waals surface area contributed by atoms with Crippen LogP contribution < -0.4 is 16.0 Å². The normalized spacial score (nSPS) is 12.6. The van der Waals surface area contributed by atoms with Crippen molar-refractivity contribution >= 4 is 109 Å². The highest BCUT2D eigenvalue weighted by Crippen LogP contribution is 2.38. The van der Waals surface area contributed by atoms with Crippen LogP contribution in [0.1, 0.15) is 6.92 Å². The molecule has 0 radical (unpaired) electrons. The minimum absolute atomic E-state index is 0.0209. The Balaban J connectivity index is 1.51. The first-order chi connectivity index (χ1) is 24.5. The summed E-state index contributed by atoms with van der Waals surface area (Å²) < 4.78 is 134. The van der Waals surface area contributed by atoms with Gasteiger partial charge >= 0.3 is 0 Å². The number of nitrogens with zero attached hydrogens (tertiary/aromatic N) is 5. The van der Waals surface area contributed by atoms with Crippen LogP contribution in [0.15, 0.2) is 96.5 Å². The number of nitrogens with one attached hydrogen (secondary N) is 3. The Labute approximate surface area is 304 Å². The Morgan fingerprint density at radius 3 is 1.87 bits per heavy atom. The first-order valence-corrected chi connectivity index (χ1v) is 20.0. The number of rotatable bonds is 11. The van der Waals surface area contributed by atoms with E-state index in [9.17, 15) is 56.7 Å². The summed E-state index contributed by atoms with van der Waals surface area (Å²) in [6.07, 6.45) is 0. The number of halogens is 1. The van der Waals surface area contributed by atoms with Gasteiger partial charge in [-0.05, 0) is 60.1 Å². The second-order valence-corrected chi connectivity index (χ2v) is 16.3. The van der Waals surface area contributed by atoms with Crippen LogP contribution in [0.2, 0.25) is 5.28 Å². The summed E-state index contributed by atoms with van der Waals surface area (Å²) in [5.41, 5.74) is -0.947. The molecule has 5 aromatic rings. The predicted molar refractivity (Wildman–Crippen MR) is 186 cm³/mol. The van der Waals surface area contributed by atoms with Gasteiger partial charge in [0.1, 0.15) is 26.1 Å². The Hall–Kier alpha value is -5.25. The first kappa shape index (κ1) is 39.0. The van der Waals surface area contributed by atoms with Crippen LogP contribution in [-0.4, -0.2) is 72.7 Å². The monoisotopic (exact) mass is 828 g/mol. The van der Waals surface area contributed by atoms with Crippen LogP contribution >= 0.6 is 11.6 Å². The van der Waals surface area contributed by atoms with Gasteiger partial charge in [-0.15, -0.1) is 10.2 Å². The smallest absolute Gasteiger partial charge is 0.297 e. The van der Waals surface area contributed by atoms with Crippen LogP contribution in [0.4, 0.5) is 40.3 Å². The van der Waals surface area contributed by atoms with Gasteiger partial charge in [-0.2, -0.15) is 48.6 Å². The zero-order valence-corrected chi connectivity index (χ0v) is 30.1. The zero-order valence-electron chi connectivity index (χ0n) is 26.1. The summed E-state index contributed by atoms with van der Waals surface area (Å²) in [6, 6.07) is 11.6. The molecule has 7 N–H and O–H groups in total. The van der Waals surface area contributed by atoms with Gasteiger partial charge in [-0.25, -0.2) is 0 Å². The number of hydrogen-bond acceptors (Lipinski definition) is 16. The molecule has 0 aliphatic rings. The fraction of sp³-hybridized carbons (Fsp3) is 0.0370. The zero-order chi connectivity index (χ0) is 39.1. The van der Waals surface area contributed by atoms with E-state index in [-0.39, 0.29) is 33.8 Å². The molecular formula is C27H21ClN8O13S4. The molecule has 0 unspecified atom stereocenters. The van der Waals surface area contributed by atoms with Crippen molar-refractivity contribution in [3.63, 3.8) is 0 Å². The summed E-state index contributed by atoms with van der Waals surface area (Å²) in [5, 5.41) is 14.5. The fourth-order valence-electron chi connectivity index (χ4n) is 4.67. The second-order valence-electron chi connectivity index (χ2n) is 10.4. The highest BCUT2D eigenvalue weighted by atomic mass is 35.5. The van der Waals surface area contributed by atoms with E-state index < -0.39 is 88.6 Å². The van der Waals surface area contributed by atoms with Crippen molar-refractivity contribution in [3.05, 3.63) is 72.0 Å². The maximum Gasteiger partial charge on any atom is 0.297 e. The molecule has 0 aliphatic carbocycles. The van der Waals surface area contributed by atoms with Crippen molar-refractivity contribution in [1.82, 2.24) is 15.0 Å². The molecule has 1 aromatic heterocycles. The quantitative estimate of drug-likeness (QED) is 0.0710. The lowest BCUT2D eigenvalue weighted by Crippen LogP contribution is -2.09. The second kappa shape index (κ2) is 14.3. The number of hydrogen-bond donors (Lipinski definition) is 7. The third-order valence-corrected chi connectivity index (χ3v) is 10.5. The van der Waals surface area contributed by atoms with E-state index in [1.54, 1.807) is 0 Å². The molecule has 0 atom stereocenters. The summed E-state index contributed by atoms with van der Waals surface area (Å²) >= 11 is 6.02. The lowest BCUT2D eigenvalue weighted by molar-refractivity contribution is -0.114. The highest BCUT2D eigenvalue weighted by molar-refractivity contribution is 7.87. The lowest BCUT2D eigenvalue weighted by Gasteiger charge is -2.13. The van der Waals surface area contributed by atoms with Gasteiger partial charge < -0.3 is 16.0 Å². The Kier molecular flexibility index (Phi) is 10.5. The van der Waals surface area contributed by atoms with E-state index in [2.05, 4.69) is 41.1 Å². The van der Waals surface area contributed by atoms with Crippen LogP contribution in [0, 0.1) is 0 Å². The molecule has 5 rings (SSSR count). The van der Waals surface area contributed by atoms with E-state index in [1.165, 1.54) is 24.3 Å². The molecule has 0 bridgehead atoms. The van der Waals surface area contributed by atoms with Gasteiger partial charge in [0, 0.05) is 23.4 Å². The number of azo groups is 1. The van der Waals surface area contributed by atoms with Crippen LogP contribution in [0.5, 0.6) is 0 Å². The van der Waals surface area contributed by atoms with Crippen molar-refractivity contribution in [2.24, 2.45) is 10.2 Å². The lowest BCUT2D eigenvalue weighted by atomic mass is 10.1. The number of aromatic nitrogens is 3. The van der Waals surface area contributed by atoms with Crippen LogP contribution in [-0.2, 0) is 45.3 Å². The van der Waals surface area contributed by atoms with Crippen molar-refractivity contribution < 1.29 is 56.7 Å². The van der Waals surface area contributed by atoms with Crippen LogP contribution in [0.3, 0.4) is 0 Å². The number of amides is 1. The molecule has 0 fully saturated rings. The third-order valence-electron chi connectivity index (χ3n) is 6.70. The molecule has 4 aromatic carbocycles. The summed E-state index contributed by atoms with van der Waals surface area (Å²) in [4.78, 5) is 20.7. The topological polar surface area (TPSA) is 334 Å². The van der Waals surface area contributed by atoms with Gasteiger partial charge in [0.05, 0.1) is 16.3 Å². The maximum absolute atomic E-state index is 12.4. The minimum atomic E-state index is -5.07. The van der Waals surface area contributed by atoms with E-state index in [0.29, 0.717) is 12.1 Å². The van der Waals surface area contributed by atoms with Crippen LogP contribution in [0.25, 0.3) is 10.8 Å². The molecular weight excluding hydrogens is 808 g/mol. The van der Waals surface area contributed by atoms with Crippen molar-refractivity contribution in [2.45, 2.75) is 26.5 Å². The van der Waals surface area contributed by atoms with Gasteiger partial charge in [0.2, 0.25) is 23.1 Å². The van der Waals surface area contributed by atoms with Gasteiger partial charge in [0.25, 0.3) is 40.5 Å². The van der Waals surface area contributed by atoms with Gasteiger partial charge in [-0.1, -0.05) is 18.2 Å². The van der Waals surface area contributed by atoms with E-state index >= 15 is 0 Å². The minimum Gasteiger partial charge on any atom is -0.324 e. The number of carbonyl (C=O) groups is 1. The fourth-order valence-corrected chi connectivity index (χ4v) is 7.50. The number of fused-ring (bicyclic) bond motifs is 1. The molecule has 278 valence electrons. The number of anilines is 5. The summed E-state index contributed by atoms with van der Waals surface area (Å²) in [5.74, 6) is -1.35. The van der Waals surface area contributed by atoms with E-state index in [1.807, 2.05) is 0 Å². The maximum atomic E-state index is 12.4. The molecule has 1 heterocycles. The molecule has 21 nitrogen and oxygen atoms in total. The molecule has 1 amide bonds. The average Bonchev–Trinajstić information content (AvgIpc) is 3.01. The molecule has 0 aliphatic heterocycles. The van der Waals surface area contributed by atoms with E-state index in [4.69, 9.17) is 11.6 Å². The van der Waals surface area contributed by atoms with Gasteiger partial charge in [-0.3, -0.25) is 23.0 Å². The largest absolute Gasteiger partial charge is 0.324 e. The molecule has 0 spiro atoms. The highest BCUT2D eigenvalue weighted by Gasteiger charge is 2.24. The molecule has 0 saturated carbocycles. The van der Waals surface area contributed by atoms with Crippen molar-refractivity contribution in [3.8, 4) is 0 Å². The predicted octanol–water partition coefficient (Wildman–Crippen LogP) is 4.53. The average molecular weight is 829 g/mol. The van der Waals surface area contributed by atoms with E-state index in [0.717, 1.165) is 37.3 Å². The number of benzene rings is 4. The number of carbonyl (C=O) groups excluding carboxylic acids is 1. The molecule has 0 saturated heterocycles. The molecule has 53 heavy (non-hydrogen) atoms. The summed E-state index contributed by atoms with van der Waals surface area (Å²) in [6.45, 7) is 1.16. The Morgan fingerprint density at radius 2 is 1.26 bits per heavy atom. The SMILES string of the molecule is CC(=O)Nc1cc(Nc2nc(Cl)nc(Nc3cc(S(=O)(=O)O)ccc3S(=O)(=O)O)n2)ccc1N=Nc1ccc2c(S(=O)(=O)O)cccc2c1S(=O)(=O)O. The Morgan fingerprint density at radius 1 is 0.642 bits per heavy atom. The first-order valence-electron chi connectivity index (χ1n) is 13.9. The standard InChI is InChI=1S/C27H21ClN8O13S4/c1-13(37)29-20-11-14(30-26-32-25(28)33-27(34-26)31-21-12-15(50(38,39)40)6-10-23(21)52(44,45)46)5-8-18(20)35-36-19-9-7-16-17(24(19)53(47,48)49)3-2-4-22(16)51(41,42)43/h2-12H,1H3,(H,29,37)(H,38,39,40)(H,41,42,43)(H,44,45,46)(H,47,48,49)(H2,30,31,32,33,34). The Bertz CT molecular complexity index is 2820. The van der Waals surface area contributed by atoms with Crippen molar-refractivity contribution in [2.75, 3.05) is 16.0 Å². The van der Waals surface area contributed by atoms with Gasteiger partial charge in [0.15, 0.2) is 0 Å². The summed E-state index contributed by atoms with van der Waals surface area (Å²) in [7, 11) is -19.6.